The summed E-state index contributed by atoms with van der Waals surface area (Å²) in [4.78, 5) is 4.37. The predicted molar refractivity (Wildman–Crippen MR) is 108 cm³/mol. The lowest BCUT2D eigenvalue weighted by atomic mass is 9.81. The molecule has 0 saturated heterocycles. The van der Waals surface area contributed by atoms with Crippen LogP contribution in [0.1, 0.15) is 38.7 Å². The third kappa shape index (κ3) is 4.30. The lowest BCUT2D eigenvalue weighted by molar-refractivity contribution is 0.125. The number of methoxy groups -OCH3 is 1. The molecule has 0 spiro atoms. The van der Waals surface area contributed by atoms with Gasteiger partial charge in [-0.05, 0) is 75.1 Å². The first-order valence-electron chi connectivity index (χ1n) is 9.21. The standard InChI is InChI=1S/C22H27N3O2/c1-22(2,20(26-3)16-5-4-6-16)14-27-18-10-7-15(8-11-18)19-12-9-17(13-25-19)21(23)24/h7-13H,4-6,14H2,1-3H3,(H3,23,24). The number of nitrogens with two attached hydrogens (primary N) is 1. The van der Waals surface area contributed by atoms with Crippen LogP contribution in [-0.4, -0.2) is 24.5 Å². The molecule has 1 heterocycles. The summed E-state index contributed by atoms with van der Waals surface area (Å²) >= 11 is 0. The Balaban J connectivity index is 1.66. The summed E-state index contributed by atoms with van der Waals surface area (Å²) in [7, 11) is 1.75. The highest BCUT2D eigenvalue weighted by Gasteiger charge is 2.30. The van der Waals surface area contributed by atoms with E-state index in [1.54, 1.807) is 19.4 Å². The summed E-state index contributed by atoms with van der Waals surface area (Å²) in [5.74, 6) is 1.91. The van der Waals surface area contributed by atoms with Gasteiger partial charge < -0.3 is 15.2 Å². The molecule has 0 bridgehead atoms. The molecule has 27 heavy (non-hydrogen) atoms. The first kappa shape index (κ1) is 19.0. The smallest absolute Gasteiger partial charge is 0.124 e. The normalized spacial score (nSPS) is 13.7. The topological polar surface area (TPSA) is 81.2 Å². The molecule has 142 valence electrons. The van der Waals surface area contributed by atoms with E-state index in [2.05, 4.69) is 18.8 Å². The van der Waals surface area contributed by atoms with Crippen molar-refractivity contribution < 1.29 is 9.47 Å². The van der Waals surface area contributed by atoms with E-state index in [-0.39, 0.29) is 11.3 Å². The van der Waals surface area contributed by atoms with Crippen molar-refractivity contribution in [3.63, 3.8) is 0 Å². The van der Waals surface area contributed by atoms with E-state index in [1.807, 2.05) is 30.3 Å². The molecule has 1 aromatic carbocycles. The van der Waals surface area contributed by atoms with Gasteiger partial charge in [-0.3, -0.25) is 10.4 Å². The van der Waals surface area contributed by atoms with Gasteiger partial charge >= 0.3 is 0 Å². The van der Waals surface area contributed by atoms with Crippen LogP contribution in [-0.2, 0) is 4.74 Å². The fraction of sp³-hybridized carbons (Fsp3) is 0.364. The van der Waals surface area contributed by atoms with Gasteiger partial charge in [-0.2, -0.15) is 0 Å². The highest BCUT2D eigenvalue weighted by molar-refractivity contribution is 5.94. The van der Waals surface area contributed by atoms with Gasteiger partial charge in [0.1, 0.15) is 24.0 Å². The average molecular weight is 365 g/mol. The fourth-order valence-corrected chi connectivity index (χ4v) is 3.25. The van der Waals surface area contributed by atoms with Gasteiger partial charge in [0.25, 0.3) is 0 Å². The van der Waals surface area contributed by atoms with Crippen LogP contribution in [0.25, 0.3) is 11.3 Å². The number of nitrogens with zero attached hydrogens (tertiary/aromatic N) is 1. The molecule has 3 N–H and O–H groups in total. The van der Waals surface area contributed by atoms with Crippen molar-refractivity contribution in [1.29, 1.82) is 5.41 Å². The second kappa shape index (κ2) is 7.82. The summed E-state index contributed by atoms with van der Waals surface area (Å²) < 4.78 is 11.7. The summed E-state index contributed by atoms with van der Waals surface area (Å²) in [6, 6.07) is 11.5. The zero-order chi connectivity index (χ0) is 19.4. The number of nitrogens with one attached hydrogen (secondary N) is 1. The van der Waals surface area contributed by atoms with Crippen LogP contribution in [0.15, 0.2) is 53.9 Å². The van der Waals surface area contributed by atoms with Crippen molar-refractivity contribution >= 4 is 5.84 Å². The first-order valence-corrected chi connectivity index (χ1v) is 9.21. The number of pyridine rings is 1. The Bertz CT molecular complexity index is 831. The van der Waals surface area contributed by atoms with E-state index in [0.29, 0.717) is 12.2 Å². The number of rotatable bonds is 7. The Hall–Kier alpha value is -2.82. The van der Waals surface area contributed by atoms with Crippen LogP contribution in [0, 0.1) is 10.8 Å². The molecule has 1 fully saturated rings. The average Bonchev–Trinajstić information content (AvgIpc) is 2.63. The Labute approximate surface area is 160 Å². The summed E-state index contributed by atoms with van der Waals surface area (Å²) in [6.07, 6.45) is 5.14. The van der Waals surface area contributed by atoms with Crippen molar-refractivity contribution in [2.45, 2.75) is 33.1 Å². The second-order valence-electron chi connectivity index (χ2n) is 7.53. The summed E-state index contributed by atoms with van der Waals surface area (Å²) in [5, 5.41) is 7.43. The Kier molecular flexibility index (Phi) is 5.49. The number of nitrogen functional groups attached to an aromatic ring is 1. The highest BCUT2D eigenvalue weighted by Crippen LogP contribution is 2.38. The van der Waals surface area contributed by atoms with Crippen molar-refractivity contribution in [3.8, 4) is 17.0 Å². The molecule has 0 radical (unpaired) electrons. The zero-order valence-corrected chi connectivity index (χ0v) is 16.2. The molecule has 3 rings (SSSR count). The Morgan fingerprint density at radius 3 is 2.33 bits per heavy atom. The van der Waals surface area contributed by atoms with E-state index in [9.17, 15) is 0 Å². The lowest BCUT2D eigenvalue weighted by Gasteiger charge is -2.32. The van der Waals surface area contributed by atoms with Crippen molar-refractivity contribution in [2.75, 3.05) is 13.7 Å². The minimum absolute atomic E-state index is 0.0210. The molecule has 0 unspecified atom stereocenters. The number of aromatic nitrogens is 1. The minimum Gasteiger partial charge on any atom is -0.500 e. The van der Waals surface area contributed by atoms with Crippen LogP contribution in [0.4, 0.5) is 0 Å². The second-order valence-corrected chi connectivity index (χ2v) is 7.53. The highest BCUT2D eigenvalue weighted by atomic mass is 16.5. The summed E-state index contributed by atoms with van der Waals surface area (Å²) in [6.45, 7) is 4.88. The quantitative estimate of drug-likeness (QED) is 0.429. The van der Waals surface area contributed by atoms with E-state index in [1.165, 1.54) is 12.0 Å². The molecule has 1 aliphatic carbocycles. The third-order valence-corrected chi connectivity index (χ3v) is 4.92. The maximum atomic E-state index is 7.43. The molecule has 0 aliphatic heterocycles. The van der Waals surface area contributed by atoms with Gasteiger partial charge in [-0.15, -0.1) is 0 Å². The molecule has 0 amide bonds. The van der Waals surface area contributed by atoms with Crippen LogP contribution in [0.2, 0.25) is 0 Å². The number of ether oxygens (including phenoxy) is 2. The fourth-order valence-electron chi connectivity index (χ4n) is 3.25. The molecular formula is C22H27N3O2. The monoisotopic (exact) mass is 365 g/mol. The maximum Gasteiger partial charge on any atom is 0.124 e. The molecule has 1 saturated carbocycles. The van der Waals surface area contributed by atoms with Crippen molar-refractivity contribution in [2.24, 2.45) is 11.1 Å². The van der Waals surface area contributed by atoms with Crippen LogP contribution < -0.4 is 10.5 Å². The van der Waals surface area contributed by atoms with Gasteiger partial charge in [-0.1, -0.05) is 0 Å². The largest absolute Gasteiger partial charge is 0.500 e. The number of allylic oxidation sites excluding steroid dienone is 1. The molecule has 1 aliphatic rings. The van der Waals surface area contributed by atoms with Gasteiger partial charge in [-0.25, -0.2) is 0 Å². The summed E-state index contributed by atoms with van der Waals surface area (Å²) in [5.41, 5.74) is 9.18. The van der Waals surface area contributed by atoms with E-state index in [0.717, 1.165) is 35.6 Å². The number of benzene rings is 1. The number of hydrogen-bond donors (Lipinski definition) is 2. The molecule has 0 atom stereocenters. The van der Waals surface area contributed by atoms with E-state index in [4.69, 9.17) is 20.6 Å². The molecule has 5 heteroatoms. The number of amidine groups is 1. The SMILES string of the molecule is COC(=C1CCC1)C(C)(C)COc1ccc(-c2ccc(C(=N)N)cn2)cc1. The molecule has 1 aromatic heterocycles. The van der Waals surface area contributed by atoms with Crippen molar-refractivity contribution in [1.82, 2.24) is 4.98 Å². The number of hydrogen-bond acceptors (Lipinski definition) is 4. The molecule has 5 nitrogen and oxygen atoms in total. The third-order valence-electron chi connectivity index (χ3n) is 4.92. The Morgan fingerprint density at radius 1 is 1.15 bits per heavy atom. The minimum atomic E-state index is -0.159. The predicted octanol–water partition coefficient (Wildman–Crippen LogP) is 4.52. The van der Waals surface area contributed by atoms with E-state index >= 15 is 0 Å². The Morgan fingerprint density at radius 2 is 1.85 bits per heavy atom. The van der Waals surface area contributed by atoms with Gasteiger partial charge in [0.05, 0.1) is 18.2 Å². The first-order chi connectivity index (χ1) is 12.9. The van der Waals surface area contributed by atoms with Gasteiger partial charge in [0, 0.05) is 17.3 Å². The van der Waals surface area contributed by atoms with Crippen molar-refractivity contribution in [3.05, 3.63) is 59.5 Å². The van der Waals surface area contributed by atoms with Crippen LogP contribution >= 0.6 is 0 Å². The maximum absolute atomic E-state index is 7.43. The molecule has 2 aromatic rings. The van der Waals surface area contributed by atoms with Crippen LogP contribution in [0.3, 0.4) is 0 Å². The van der Waals surface area contributed by atoms with Crippen LogP contribution in [0.5, 0.6) is 5.75 Å². The van der Waals surface area contributed by atoms with E-state index < -0.39 is 0 Å². The van der Waals surface area contributed by atoms with Gasteiger partial charge in [0.2, 0.25) is 0 Å². The van der Waals surface area contributed by atoms with Gasteiger partial charge in [0.15, 0.2) is 0 Å². The lowest BCUT2D eigenvalue weighted by Crippen LogP contribution is -2.27. The zero-order valence-electron chi connectivity index (χ0n) is 16.2. The molecular weight excluding hydrogens is 338 g/mol.